The molecule has 0 amide bonds. The Bertz CT molecular complexity index is 582. The van der Waals surface area contributed by atoms with Crippen molar-refractivity contribution in [3.63, 3.8) is 0 Å². The van der Waals surface area contributed by atoms with Crippen molar-refractivity contribution in [2.45, 2.75) is 37.4 Å². The molecule has 1 atom stereocenters. The molecule has 0 radical (unpaired) electrons. The van der Waals surface area contributed by atoms with Gasteiger partial charge in [-0.05, 0) is 40.8 Å². The fourth-order valence-electron chi connectivity index (χ4n) is 2.66. The zero-order valence-electron chi connectivity index (χ0n) is 11.9. The molecule has 3 rings (SSSR count). The van der Waals surface area contributed by atoms with Gasteiger partial charge in [-0.15, -0.1) is 0 Å². The lowest BCUT2D eigenvalue weighted by molar-refractivity contribution is 0.142. The van der Waals surface area contributed by atoms with E-state index < -0.39 is 0 Å². The van der Waals surface area contributed by atoms with Gasteiger partial charge >= 0.3 is 0 Å². The molecule has 1 aromatic carbocycles. The fraction of sp³-hybridized carbons (Fsp3) is 0.438. The number of nitrogens with zero attached hydrogens (tertiary/aromatic N) is 2. The van der Waals surface area contributed by atoms with E-state index in [2.05, 4.69) is 38.5 Å². The maximum atomic E-state index is 10.1. The standard InChI is InChI=1S/C16H20BrN3O/c17-14-10-18-20(11-14)9-8-16(12-21,19-15-6-7-15)13-4-2-1-3-5-13/h1-5,10-11,15,19,21H,6-9,12H2. The zero-order valence-corrected chi connectivity index (χ0v) is 13.5. The van der Waals surface area contributed by atoms with Gasteiger partial charge in [0.15, 0.2) is 0 Å². The Kier molecular flexibility index (Phi) is 4.42. The summed E-state index contributed by atoms with van der Waals surface area (Å²) in [5.74, 6) is 0. The Morgan fingerprint density at radius 3 is 2.67 bits per heavy atom. The third-order valence-corrected chi connectivity index (χ3v) is 4.43. The molecule has 1 saturated carbocycles. The van der Waals surface area contributed by atoms with Crippen LogP contribution in [-0.4, -0.2) is 27.5 Å². The SMILES string of the molecule is OCC(CCn1cc(Br)cn1)(NC1CC1)c1ccccc1. The first-order valence-electron chi connectivity index (χ1n) is 7.34. The van der Waals surface area contributed by atoms with Gasteiger partial charge in [0.1, 0.15) is 0 Å². The topological polar surface area (TPSA) is 50.1 Å². The number of aliphatic hydroxyl groups excluding tert-OH is 1. The Morgan fingerprint density at radius 1 is 1.33 bits per heavy atom. The highest BCUT2D eigenvalue weighted by Gasteiger charge is 2.37. The largest absolute Gasteiger partial charge is 0.394 e. The van der Waals surface area contributed by atoms with Crippen molar-refractivity contribution in [3.8, 4) is 0 Å². The number of aryl methyl sites for hydroxylation is 1. The fourth-order valence-corrected chi connectivity index (χ4v) is 2.99. The van der Waals surface area contributed by atoms with E-state index in [0.29, 0.717) is 6.04 Å². The highest BCUT2D eigenvalue weighted by molar-refractivity contribution is 9.10. The van der Waals surface area contributed by atoms with Gasteiger partial charge in [0.2, 0.25) is 0 Å². The van der Waals surface area contributed by atoms with Crippen molar-refractivity contribution in [3.05, 3.63) is 52.8 Å². The average molecular weight is 350 g/mol. The van der Waals surface area contributed by atoms with Crippen molar-refractivity contribution in [2.75, 3.05) is 6.61 Å². The molecule has 0 spiro atoms. The Balaban J connectivity index is 1.80. The van der Waals surface area contributed by atoms with Crippen LogP contribution in [0.3, 0.4) is 0 Å². The molecule has 2 N–H and O–H groups in total. The van der Waals surface area contributed by atoms with Gasteiger partial charge in [-0.25, -0.2) is 0 Å². The van der Waals surface area contributed by atoms with Crippen LogP contribution >= 0.6 is 15.9 Å². The molecule has 112 valence electrons. The van der Waals surface area contributed by atoms with Crippen LogP contribution in [0.25, 0.3) is 0 Å². The normalized spacial score (nSPS) is 17.6. The number of aliphatic hydroxyl groups is 1. The lowest BCUT2D eigenvalue weighted by Crippen LogP contribution is -2.47. The van der Waals surface area contributed by atoms with E-state index >= 15 is 0 Å². The molecule has 2 aromatic rings. The molecule has 5 heteroatoms. The molecule has 0 saturated heterocycles. The maximum Gasteiger partial charge on any atom is 0.0688 e. The summed E-state index contributed by atoms with van der Waals surface area (Å²) in [6.07, 6.45) is 6.95. The van der Waals surface area contributed by atoms with Crippen molar-refractivity contribution < 1.29 is 5.11 Å². The molecular weight excluding hydrogens is 330 g/mol. The lowest BCUT2D eigenvalue weighted by Gasteiger charge is -2.34. The molecule has 1 aliphatic rings. The molecule has 21 heavy (non-hydrogen) atoms. The summed E-state index contributed by atoms with van der Waals surface area (Å²) in [5.41, 5.74) is 0.756. The number of nitrogens with one attached hydrogen (secondary N) is 1. The first-order chi connectivity index (χ1) is 10.2. The van der Waals surface area contributed by atoms with E-state index in [1.165, 1.54) is 12.8 Å². The third kappa shape index (κ3) is 3.54. The van der Waals surface area contributed by atoms with Gasteiger partial charge in [-0.2, -0.15) is 5.10 Å². The van der Waals surface area contributed by atoms with E-state index in [-0.39, 0.29) is 12.1 Å². The van der Waals surface area contributed by atoms with E-state index in [0.717, 1.165) is 23.0 Å². The maximum absolute atomic E-state index is 10.1. The zero-order chi connectivity index (χ0) is 14.7. The second kappa shape index (κ2) is 6.30. The second-order valence-electron chi connectivity index (χ2n) is 5.70. The van der Waals surface area contributed by atoms with Crippen LogP contribution in [0.15, 0.2) is 47.2 Å². The summed E-state index contributed by atoms with van der Waals surface area (Å²) in [4.78, 5) is 0. The van der Waals surface area contributed by atoms with E-state index in [9.17, 15) is 5.11 Å². The molecule has 1 unspecified atom stereocenters. The van der Waals surface area contributed by atoms with Crippen LogP contribution in [0.1, 0.15) is 24.8 Å². The minimum absolute atomic E-state index is 0.0932. The van der Waals surface area contributed by atoms with E-state index in [1.54, 1.807) is 6.20 Å². The highest BCUT2D eigenvalue weighted by Crippen LogP contribution is 2.31. The van der Waals surface area contributed by atoms with E-state index in [4.69, 9.17) is 0 Å². The minimum atomic E-state index is -0.388. The van der Waals surface area contributed by atoms with Gasteiger partial charge in [-0.3, -0.25) is 4.68 Å². The monoisotopic (exact) mass is 349 g/mol. The predicted molar refractivity (Wildman–Crippen MR) is 85.9 cm³/mol. The van der Waals surface area contributed by atoms with E-state index in [1.807, 2.05) is 29.1 Å². The number of aromatic nitrogens is 2. The van der Waals surface area contributed by atoms with Crippen LogP contribution in [0.5, 0.6) is 0 Å². The summed E-state index contributed by atoms with van der Waals surface area (Å²) >= 11 is 3.42. The lowest BCUT2D eigenvalue weighted by atomic mass is 9.87. The smallest absolute Gasteiger partial charge is 0.0688 e. The van der Waals surface area contributed by atoms with Gasteiger partial charge in [0, 0.05) is 18.8 Å². The predicted octanol–water partition coefficient (Wildman–Crippen LogP) is 2.68. The van der Waals surface area contributed by atoms with Gasteiger partial charge in [0.05, 0.1) is 22.8 Å². The van der Waals surface area contributed by atoms with Crippen molar-refractivity contribution >= 4 is 15.9 Å². The molecule has 0 aliphatic heterocycles. The van der Waals surface area contributed by atoms with Crippen LogP contribution < -0.4 is 5.32 Å². The second-order valence-corrected chi connectivity index (χ2v) is 6.61. The van der Waals surface area contributed by atoms with Crippen LogP contribution in [-0.2, 0) is 12.1 Å². The Labute approximate surface area is 133 Å². The third-order valence-electron chi connectivity index (χ3n) is 4.02. The first-order valence-corrected chi connectivity index (χ1v) is 8.13. The Hall–Kier alpha value is -1.17. The Morgan fingerprint density at radius 2 is 2.10 bits per heavy atom. The summed E-state index contributed by atoms with van der Waals surface area (Å²) < 4.78 is 2.89. The molecule has 4 nitrogen and oxygen atoms in total. The van der Waals surface area contributed by atoms with Gasteiger partial charge in [-0.1, -0.05) is 30.3 Å². The highest BCUT2D eigenvalue weighted by atomic mass is 79.9. The van der Waals surface area contributed by atoms with Gasteiger partial charge < -0.3 is 10.4 Å². The van der Waals surface area contributed by atoms with Crippen LogP contribution in [0.2, 0.25) is 0 Å². The van der Waals surface area contributed by atoms with Crippen molar-refractivity contribution in [1.82, 2.24) is 15.1 Å². The number of hydrogen-bond donors (Lipinski definition) is 2. The molecule has 1 aliphatic carbocycles. The number of hydrogen-bond acceptors (Lipinski definition) is 3. The molecule has 1 heterocycles. The molecule has 1 fully saturated rings. The number of rotatable bonds is 7. The molecule has 0 bridgehead atoms. The number of benzene rings is 1. The molecular formula is C16H20BrN3O. The quantitative estimate of drug-likeness (QED) is 0.807. The van der Waals surface area contributed by atoms with Crippen molar-refractivity contribution in [2.24, 2.45) is 0 Å². The van der Waals surface area contributed by atoms with Crippen molar-refractivity contribution in [1.29, 1.82) is 0 Å². The van der Waals surface area contributed by atoms with Gasteiger partial charge in [0.25, 0.3) is 0 Å². The minimum Gasteiger partial charge on any atom is -0.394 e. The molecule has 1 aromatic heterocycles. The first kappa shape index (κ1) is 14.8. The summed E-state index contributed by atoms with van der Waals surface area (Å²) in [7, 11) is 0. The van der Waals surface area contributed by atoms with Crippen LogP contribution in [0.4, 0.5) is 0 Å². The average Bonchev–Trinajstić information content (AvgIpc) is 3.24. The van der Waals surface area contributed by atoms with Crippen LogP contribution in [0, 0.1) is 0 Å². The number of halogens is 1. The summed E-state index contributed by atoms with van der Waals surface area (Å²) in [6.45, 7) is 0.858. The summed E-state index contributed by atoms with van der Waals surface area (Å²) in [5, 5.41) is 18.0. The summed E-state index contributed by atoms with van der Waals surface area (Å²) in [6, 6.07) is 10.8.